The van der Waals surface area contributed by atoms with E-state index in [2.05, 4.69) is 0 Å². The maximum absolute atomic E-state index is 12.3. The van der Waals surface area contributed by atoms with Crippen molar-refractivity contribution in [3.63, 3.8) is 0 Å². The van der Waals surface area contributed by atoms with Crippen molar-refractivity contribution < 1.29 is 8.42 Å². The minimum Gasteiger partial charge on any atom is -0.330 e. The molecule has 1 saturated heterocycles. The Bertz CT molecular complexity index is 354. The summed E-state index contributed by atoms with van der Waals surface area (Å²) < 4.78 is 27.8. The fraction of sp³-hybridized carbons (Fsp3) is 1.00. The summed E-state index contributed by atoms with van der Waals surface area (Å²) >= 11 is 0. The van der Waals surface area contributed by atoms with Gasteiger partial charge in [-0.25, -0.2) is 0 Å². The number of hydrogen-bond acceptors (Lipinski definition) is 3. The molecule has 2 fully saturated rings. The number of piperidine rings is 1. The Balaban J connectivity index is 1.97. The van der Waals surface area contributed by atoms with Crippen LogP contribution in [0.2, 0.25) is 0 Å². The van der Waals surface area contributed by atoms with E-state index in [9.17, 15) is 8.42 Å². The normalized spacial score (nSPS) is 27.6. The average molecular weight is 261 g/mol. The Morgan fingerprint density at radius 1 is 1.29 bits per heavy atom. The van der Waals surface area contributed by atoms with E-state index in [0.717, 1.165) is 12.8 Å². The van der Waals surface area contributed by atoms with Gasteiger partial charge in [0.15, 0.2) is 0 Å². The Hall–Kier alpha value is -0.170. The molecular weight excluding hydrogens is 238 g/mol. The first kappa shape index (κ1) is 13.3. The second-order valence-corrected chi connectivity index (χ2v) is 7.37. The number of hydrogen-bond donors (Lipinski definition) is 1. The zero-order chi connectivity index (χ0) is 12.5. The molecule has 0 aromatic rings. The molecule has 100 valence electrons. The highest BCUT2D eigenvalue weighted by Gasteiger charge is 2.34. The largest absolute Gasteiger partial charge is 0.330 e. The lowest BCUT2D eigenvalue weighted by Gasteiger charge is -2.34. The summed E-state index contributed by atoms with van der Waals surface area (Å²) in [7, 11) is -1.55. The van der Waals surface area contributed by atoms with Crippen LogP contribution < -0.4 is 5.73 Å². The fourth-order valence-electron chi connectivity index (χ4n) is 2.38. The Morgan fingerprint density at radius 2 is 2.00 bits per heavy atom. The zero-order valence-electron chi connectivity index (χ0n) is 10.5. The third kappa shape index (κ3) is 3.19. The van der Waals surface area contributed by atoms with E-state index < -0.39 is 10.2 Å². The molecule has 1 atom stereocenters. The molecule has 0 amide bonds. The molecule has 0 bridgehead atoms. The van der Waals surface area contributed by atoms with Gasteiger partial charge in [-0.15, -0.1) is 0 Å². The SMILES string of the molecule is CN(CC1CC1)S(=O)(=O)N1CCCC(CN)C1. The van der Waals surface area contributed by atoms with E-state index in [-0.39, 0.29) is 0 Å². The van der Waals surface area contributed by atoms with Crippen molar-refractivity contribution in [2.75, 3.05) is 33.2 Å². The van der Waals surface area contributed by atoms with Crippen LogP contribution in [0.3, 0.4) is 0 Å². The van der Waals surface area contributed by atoms with Gasteiger partial charge in [-0.3, -0.25) is 0 Å². The molecule has 2 rings (SSSR count). The highest BCUT2D eigenvalue weighted by molar-refractivity contribution is 7.86. The molecule has 0 aromatic heterocycles. The standard InChI is InChI=1S/C11H23N3O2S/c1-13(8-10-4-5-10)17(15,16)14-6-2-3-11(7-12)9-14/h10-11H,2-9,12H2,1H3. The molecule has 0 spiro atoms. The van der Waals surface area contributed by atoms with Crippen LogP contribution in [0, 0.1) is 11.8 Å². The lowest BCUT2D eigenvalue weighted by Crippen LogP contribution is -2.48. The molecule has 5 nitrogen and oxygen atoms in total. The third-order valence-electron chi connectivity index (χ3n) is 3.75. The summed E-state index contributed by atoms with van der Waals surface area (Å²) in [5, 5.41) is 0. The van der Waals surface area contributed by atoms with Crippen LogP contribution in [-0.4, -0.2) is 50.3 Å². The first-order valence-corrected chi connectivity index (χ1v) is 7.85. The van der Waals surface area contributed by atoms with Gasteiger partial charge in [-0.2, -0.15) is 17.0 Å². The van der Waals surface area contributed by atoms with Gasteiger partial charge >= 0.3 is 0 Å². The maximum atomic E-state index is 12.3. The van der Waals surface area contributed by atoms with Gasteiger partial charge in [0.2, 0.25) is 0 Å². The molecule has 17 heavy (non-hydrogen) atoms. The Morgan fingerprint density at radius 3 is 2.59 bits per heavy atom. The molecule has 1 unspecified atom stereocenters. The topological polar surface area (TPSA) is 66.6 Å². The van der Waals surface area contributed by atoms with Crippen LogP contribution in [-0.2, 0) is 10.2 Å². The van der Waals surface area contributed by atoms with Crippen molar-refractivity contribution in [3.8, 4) is 0 Å². The molecule has 1 saturated carbocycles. The molecule has 1 aliphatic carbocycles. The minimum absolute atomic E-state index is 0.327. The number of rotatable bonds is 5. The van der Waals surface area contributed by atoms with E-state index in [1.165, 1.54) is 17.1 Å². The summed E-state index contributed by atoms with van der Waals surface area (Å²) in [6, 6.07) is 0. The predicted octanol–water partition coefficient (Wildman–Crippen LogP) is 0.244. The molecule has 1 heterocycles. The monoisotopic (exact) mass is 261 g/mol. The van der Waals surface area contributed by atoms with Crippen LogP contribution >= 0.6 is 0 Å². The van der Waals surface area contributed by atoms with Crippen LogP contribution in [0.15, 0.2) is 0 Å². The van der Waals surface area contributed by atoms with Gasteiger partial charge in [0.25, 0.3) is 10.2 Å². The fourth-order valence-corrected chi connectivity index (χ4v) is 3.94. The highest BCUT2D eigenvalue weighted by Crippen LogP contribution is 2.30. The van der Waals surface area contributed by atoms with Gasteiger partial charge in [0, 0.05) is 26.7 Å². The van der Waals surface area contributed by atoms with Crippen molar-refractivity contribution in [2.45, 2.75) is 25.7 Å². The first-order chi connectivity index (χ1) is 8.04. The first-order valence-electron chi connectivity index (χ1n) is 6.45. The highest BCUT2D eigenvalue weighted by atomic mass is 32.2. The van der Waals surface area contributed by atoms with Crippen molar-refractivity contribution >= 4 is 10.2 Å². The van der Waals surface area contributed by atoms with Crippen LogP contribution in [0.5, 0.6) is 0 Å². The van der Waals surface area contributed by atoms with E-state index in [4.69, 9.17) is 5.73 Å². The quantitative estimate of drug-likeness (QED) is 0.771. The zero-order valence-corrected chi connectivity index (χ0v) is 11.3. The molecular formula is C11H23N3O2S. The Labute approximate surface area is 104 Å². The summed E-state index contributed by atoms with van der Waals surface area (Å²) in [6.45, 7) is 2.49. The molecule has 1 aliphatic heterocycles. The lowest BCUT2D eigenvalue weighted by molar-refractivity contribution is 0.254. The lowest BCUT2D eigenvalue weighted by atomic mass is 10.0. The van der Waals surface area contributed by atoms with Crippen LogP contribution in [0.4, 0.5) is 0 Å². The molecule has 2 N–H and O–H groups in total. The molecule has 0 radical (unpaired) electrons. The van der Waals surface area contributed by atoms with Gasteiger partial charge in [-0.1, -0.05) is 0 Å². The van der Waals surface area contributed by atoms with E-state index >= 15 is 0 Å². The van der Waals surface area contributed by atoms with Crippen LogP contribution in [0.25, 0.3) is 0 Å². The smallest absolute Gasteiger partial charge is 0.281 e. The molecule has 6 heteroatoms. The van der Waals surface area contributed by atoms with E-state index in [1.54, 1.807) is 11.4 Å². The number of nitrogens with zero attached hydrogens (tertiary/aromatic N) is 2. The van der Waals surface area contributed by atoms with Gasteiger partial charge in [0.1, 0.15) is 0 Å². The van der Waals surface area contributed by atoms with E-state index in [1.807, 2.05) is 0 Å². The van der Waals surface area contributed by atoms with Gasteiger partial charge in [-0.05, 0) is 44.1 Å². The summed E-state index contributed by atoms with van der Waals surface area (Å²) in [4.78, 5) is 0. The second-order valence-electron chi connectivity index (χ2n) is 5.33. The summed E-state index contributed by atoms with van der Waals surface area (Å²) in [5.41, 5.74) is 5.64. The van der Waals surface area contributed by atoms with Crippen molar-refractivity contribution in [2.24, 2.45) is 17.6 Å². The summed E-state index contributed by atoms with van der Waals surface area (Å²) in [5.74, 6) is 0.915. The Kier molecular flexibility index (Phi) is 4.07. The third-order valence-corrected chi connectivity index (χ3v) is 5.67. The van der Waals surface area contributed by atoms with Crippen molar-refractivity contribution in [3.05, 3.63) is 0 Å². The number of nitrogens with two attached hydrogens (primary N) is 1. The molecule has 2 aliphatic rings. The van der Waals surface area contributed by atoms with Crippen molar-refractivity contribution in [1.29, 1.82) is 0 Å². The van der Waals surface area contributed by atoms with Crippen molar-refractivity contribution in [1.82, 2.24) is 8.61 Å². The predicted molar refractivity (Wildman–Crippen MR) is 67.6 cm³/mol. The second kappa shape index (κ2) is 5.22. The minimum atomic E-state index is -3.25. The van der Waals surface area contributed by atoms with Gasteiger partial charge in [0.05, 0.1) is 0 Å². The van der Waals surface area contributed by atoms with Crippen LogP contribution in [0.1, 0.15) is 25.7 Å². The average Bonchev–Trinajstić information content (AvgIpc) is 3.13. The summed E-state index contributed by atoms with van der Waals surface area (Å²) in [6.07, 6.45) is 4.32. The van der Waals surface area contributed by atoms with Gasteiger partial charge < -0.3 is 5.73 Å². The van der Waals surface area contributed by atoms with E-state index in [0.29, 0.717) is 38.0 Å². The maximum Gasteiger partial charge on any atom is 0.281 e. The molecule has 0 aromatic carbocycles.